The smallest absolute Gasteiger partial charge is 0.244 e. The number of nitrogens with zero attached hydrogens (tertiary/aromatic N) is 4. The Labute approximate surface area is 175 Å². The van der Waals surface area contributed by atoms with Crippen molar-refractivity contribution in [3.05, 3.63) is 54.4 Å². The van der Waals surface area contributed by atoms with E-state index < -0.39 is 15.3 Å². The summed E-state index contributed by atoms with van der Waals surface area (Å²) in [6.07, 6.45) is 1.99. The van der Waals surface area contributed by atoms with E-state index in [0.717, 1.165) is 47.7 Å². The van der Waals surface area contributed by atoms with Crippen molar-refractivity contribution >= 4 is 27.0 Å². The summed E-state index contributed by atoms with van der Waals surface area (Å²) in [5.41, 5.74) is 10.9. The van der Waals surface area contributed by atoms with Gasteiger partial charge in [-0.05, 0) is 32.4 Å². The maximum atomic E-state index is 12.9. The Morgan fingerprint density at radius 3 is 2.53 bits per heavy atom. The van der Waals surface area contributed by atoms with Gasteiger partial charge in [-0.25, -0.2) is 22.4 Å². The lowest BCUT2D eigenvalue weighted by atomic mass is 10.0. The molecular weight excluding hydrogens is 398 g/mol. The third-order valence-electron chi connectivity index (χ3n) is 5.64. The summed E-state index contributed by atoms with van der Waals surface area (Å²) in [6.45, 7) is 4.18. The van der Waals surface area contributed by atoms with Gasteiger partial charge in [0.1, 0.15) is 5.82 Å². The minimum absolute atomic E-state index is 0.0161. The van der Waals surface area contributed by atoms with Crippen LogP contribution in [0.5, 0.6) is 0 Å². The molecule has 2 N–H and O–H groups in total. The van der Waals surface area contributed by atoms with Crippen LogP contribution in [0.2, 0.25) is 0 Å². The molecule has 0 atom stereocenters. The second-order valence-corrected chi connectivity index (χ2v) is 10.2. The molecule has 1 aliphatic rings. The average molecular weight is 422 g/mol. The molecule has 7 nitrogen and oxygen atoms in total. The first-order valence-corrected chi connectivity index (χ1v) is 11.6. The number of nitrogen functional groups attached to an aromatic ring is 1. The molecular formula is C22H23N5O2S. The van der Waals surface area contributed by atoms with Crippen LogP contribution in [0.3, 0.4) is 0 Å². The molecule has 30 heavy (non-hydrogen) atoms. The third-order valence-corrected chi connectivity index (χ3v) is 7.72. The first-order valence-electron chi connectivity index (χ1n) is 10.1. The minimum atomic E-state index is -3.64. The number of rotatable bonds is 4. The van der Waals surface area contributed by atoms with Crippen molar-refractivity contribution in [2.45, 2.75) is 38.5 Å². The lowest BCUT2D eigenvalue weighted by molar-refractivity contribution is 0.580. The highest BCUT2D eigenvalue weighted by Crippen LogP contribution is 2.37. The predicted octanol–water partition coefficient (Wildman–Crippen LogP) is 3.68. The van der Waals surface area contributed by atoms with Crippen molar-refractivity contribution in [2.24, 2.45) is 0 Å². The van der Waals surface area contributed by atoms with Crippen LogP contribution in [0.4, 0.5) is 5.95 Å². The number of anilines is 1. The van der Waals surface area contributed by atoms with E-state index >= 15 is 0 Å². The largest absolute Gasteiger partial charge is 0.368 e. The van der Waals surface area contributed by atoms with Gasteiger partial charge in [0, 0.05) is 24.1 Å². The number of hydrogen-bond donors (Lipinski definition) is 1. The van der Waals surface area contributed by atoms with E-state index in [1.165, 1.54) is 3.97 Å². The van der Waals surface area contributed by atoms with Gasteiger partial charge >= 0.3 is 0 Å². The standard InChI is InChI=1S/C22H23N5O2S/c1-14(2)30(28,29)27-18-13-16(10-11-17(18)24-22(27)23)21-20(15-7-4-3-5-8-15)25-19-9-6-12-26(19)21/h3-5,7-8,10-11,13-14H,6,9,12H2,1-2H3,(H2,23,24). The molecule has 5 rings (SSSR count). The van der Waals surface area contributed by atoms with Crippen molar-refractivity contribution in [1.82, 2.24) is 18.5 Å². The van der Waals surface area contributed by atoms with Gasteiger partial charge < -0.3 is 10.3 Å². The number of hydrogen-bond acceptors (Lipinski definition) is 5. The number of nitrogens with two attached hydrogens (primary N) is 1. The maximum absolute atomic E-state index is 12.9. The van der Waals surface area contributed by atoms with E-state index in [0.29, 0.717) is 11.0 Å². The second-order valence-electron chi connectivity index (χ2n) is 7.88. The highest BCUT2D eigenvalue weighted by molar-refractivity contribution is 7.90. The Bertz CT molecular complexity index is 1370. The van der Waals surface area contributed by atoms with Crippen molar-refractivity contribution in [3.8, 4) is 22.5 Å². The molecule has 0 aliphatic carbocycles. The lowest BCUT2D eigenvalue weighted by Crippen LogP contribution is -2.23. The van der Waals surface area contributed by atoms with Crippen LogP contribution >= 0.6 is 0 Å². The van der Waals surface area contributed by atoms with E-state index in [9.17, 15) is 8.42 Å². The second kappa shape index (κ2) is 6.70. The number of benzene rings is 2. The third kappa shape index (κ3) is 2.74. The number of aromatic nitrogens is 4. The fraction of sp³-hybridized carbons (Fsp3) is 0.273. The Balaban J connectivity index is 1.78. The Kier molecular flexibility index (Phi) is 4.21. The predicted molar refractivity (Wildman–Crippen MR) is 119 cm³/mol. The zero-order valence-corrected chi connectivity index (χ0v) is 17.7. The summed E-state index contributed by atoms with van der Waals surface area (Å²) in [5.74, 6) is 1.05. The molecule has 0 fully saturated rings. The average Bonchev–Trinajstić information content (AvgIpc) is 3.39. The topological polar surface area (TPSA) is 95.8 Å². The van der Waals surface area contributed by atoms with Gasteiger partial charge in [-0.1, -0.05) is 36.4 Å². The summed E-state index contributed by atoms with van der Waals surface area (Å²) in [4.78, 5) is 9.20. The molecule has 0 bridgehead atoms. The summed E-state index contributed by atoms with van der Waals surface area (Å²) in [7, 11) is -3.64. The van der Waals surface area contributed by atoms with Gasteiger partial charge in [-0.3, -0.25) is 0 Å². The molecule has 154 valence electrons. The van der Waals surface area contributed by atoms with Crippen molar-refractivity contribution in [1.29, 1.82) is 0 Å². The van der Waals surface area contributed by atoms with Crippen molar-refractivity contribution in [3.63, 3.8) is 0 Å². The maximum Gasteiger partial charge on any atom is 0.244 e. The zero-order chi connectivity index (χ0) is 21.0. The Morgan fingerprint density at radius 2 is 1.80 bits per heavy atom. The van der Waals surface area contributed by atoms with Crippen molar-refractivity contribution < 1.29 is 8.42 Å². The summed E-state index contributed by atoms with van der Waals surface area (Å²) < 4.78 is 29.3. The minimum Gasteiger partial charge on any atom is -0.368 e. The fourth-order valence-corrected chi connectivity index (χ4v) is 5.26. The van der Waals surface area contributed by atoms with Crippen LogP contribution in [-0.4, -0.2) is 32.2 Å². The molecule has 1 aliphatic heterocycles. The normalized spacial score (nSPS) is 14.0. The molecule has 0 amide bonds. The fourth-order valence-electron chi connectivity index (χ4n) is 4.11. The first-order chi connectivity index (χ1) is 14.4. The molecule has 0 unspecified atom stereocenters. The molecule has 0 saturated carbocycles. The van der Waals surface area contributed by atoms with Crippen LogP contribution in [-0.2, 0) is 23.0 Å². The molecule has 8 heteroatoms. The van der Waals surface area contributed by atoms with E-state index in [-0.39, 0.29) is 5.95 Å². The highest BCUT2D eigenvalue weighted by atomic mass is 32.2. The number of fused-ring (bicyclic) bond motifs is 2. The van der Waals surface area contributed by atoms with Crippen LogP contribution < -0.4 is 5.73 Å². The van der Waals surface area contributed by atoms with Gasteiger partial charge in [0.25, 0.3) is 0 Å². The molecule has 4 aromatic rings. The molecule has 0 radical (unpaired) electrons. The highest BCUT2D eigenvalue weighted by Gasteiger charge is 2.27. The first kappa shape index (κ1) is 18.9. The van der Waals surface area contributed by atoms with Crippen molar-refractivity contribution in [2.75, 3.05) is 5.73 Å². The summed E-state index contributed by atoms with van der Waals surface area (Å²) >= 11 is 0. The van der Waals surface area contributed by atoms with Gasteiger partial charge in [-0.15, -0.1) is 0 Å². The van der Waals surface area contributed by atoms with Gasteiger partial charge in [0.15, 0.2) is 0 Å². The Morgan fingerprint density at radius 1 is 1.03 bits per heavy atom. The lowest BCUT2D eigenvalue weighted by Gasteiger charge is -2.12. The van der Waals surface area contributed by atoms with Gasteiger partial charge in [0.2, 0.25) is 16.0 Å². The van der Waals surface area contributed by atoms with E-state index in [1.54, 1.807) is 13.8 Å². The van der Waals surface area contributed by atoms with E-state index in [1.807, 2.05) is 48.5 Å². The van der Waals surface area contributed by atoms with Crippen LogP contribution in [0, 0.1) is 0 Å². The molecule has 0 saturated heterocycles. The van der Waals surface area contributed by atoms with E-state index in [2.05, 4.69) is 9.55 Å². The van der Waals surface area contributed by atoms with Gasteiger partial charge in [0.05, 0.1) is 27.7 Å². The van der Waals surface area contributed by atoms with Crippen LogP contribution in [0.15, 0.2) is 48.5 Å². The molecule has 2 aromatic carbocycles. The van der Waals surface area contributed by atoms with Crippen LogP contribution in [0.25, 0.3) is 33.5 Å². The summed E-state index contributed by atoms with van der Waals surface area (Å²) in [5, 5.41) is -0.611. The monoisotopic (exact) mass is 421 g/mol. The molecule has 3 heterocycles. The number of imidazole rings is 2. The quantitative estimate of drug-likeness (QED) is 0.542. The molecule has 2 aromatic heterocycles. The van der Waals surface area contributed by atoms with Crippen LogP contribution in [0.1, 0.15) is 26.1 Å². The SMILES string of the molecule is CC(C)S(=O)(=O)n1c(N)nc2ccc(-c3c(-c4ccccc4)nc4n3CCC4)cc21. The van der Waals surface area contributed by atoms with Gasteiger partial charge in [-0.2, -0.15) is 0 Å². The zero-order valence-electron chi connectivity index (χ0n) is 16.9. The van der Waals surface area contributed by atoms with E-state index in [4.69, 9.17) is 10.7 Å². The molecule has 0 spiro atoms. The summed E-state index contributed by atoms with van der Waals surface area (Å²) in [6, 6.07) is 15.7. The number of aryl methyl sites for hydroxylation is 1. The Hall–Kier alpha value is -3.13.